The van der Waals surface area contributed by atoms with Gasteiger partial charge in [0.2, 0.25) is 5.91 Å². The molecular weight excluding hydrogens is 446 g/mol. The third-order valence-electron chi connectivity index (χ3n) is 5.45. The van der Waals surface area contributed by atoms with Gasteiger partial charge in [-0.25, -0.2) is 0 Å². The lowest BCUT2D eigenvalue weighted by Crippen LogP contribution is -2.37. The van der Waals surface area contributed by atoms with Crippen LogP contribution in [0.25, 0.3) is 0 Å². The van der Waals surface area contributed by atoms with Crippen molar-refractivity contribution in [1.29, 1.82) is 5.26 Å². The first kappa shape index (κ1) is 22.3. The highest BCUT2D eigenvalue weighted by molar-refractivity contribution is 8.03. The molecule has 6 nitrogen and oxygen atoms in total. The second kappa shape index (κ2) is 8.89. The number of halogens is 1. The van der Waals surface area contributed by atoms with Gasteiger partial charge in [0.15, 0.2) is 5.78 Å². The summed E-state index contributed by atoms with van der Waals surface area (Å²) in [4.78, 5) is 25.6. The van der Waals surface area contributed by atoms with Gasteiger partial charge in [0.1, 0.15) is 5.76 Å². The molecule has 1 aliphatic heterocycles. The van der Waals surface area contributed by atoms with Gasteiger partial charge in [0, 0.05) is 17.7 Å². The number of amides is 1. The van der Waals surface area contributed by atoms with Crippen LogP contribution in [0.2, 0.25) is 5.02 Å². The monoisotopic (exact) mass is 467 g/mol. The molecule has 0 radical (unpaired) electrons. The molecule has 0 spiro atoms. The van der Waals surface area contributed by atoms with E-state index in [1.807, 2.05) is 13.8 Å². The Morgan fingerprint density at radius 2 is 2.09 bits per heavy atom. The lowest BCUT2D eigenvalue weighted by Gasteiger charge is -2.38. The zero-order valence-corrected chi connectivity index (χ0v) is 19.3. The standard InChI is InChI=1S/C24H22ClN3O3S/c1-24(2)10-17-22(18(29)11-24)21(19-8-5-9-31-19)14(12-26)23(28-17)32-13-20(30)27-16-7-4-3-6-15(16)25/h3-9,21,28H,10-11,13H2,1-2H3,(H,27,30). The molecular formula is C24H22ClN3O3S. The lowest BCUT2D eigenvalue weighted by molar-refractivity contribution is -0.118. The molecule has 2 heterocycles. The predicted molar refractivity (Wildman–Crippen MR) is 125 cm³/mol. The van der Waals surface area contributed by atoms with Gasteiger partial charge in [0.25, 0.3) is 0 Å². The number of nitrogens with zero attached hydrogens (tertiary/aromatic N) is 1. The Morgan fingerprint density at radius 1 is 1.31 bits per heavy atom. The quantitative estimate of drug-likeness (QED) is 0.613. The van der Waals surface area contributed by atoms with E-state index in [1.165, 1.54) is 18.0 Å². The van der Waals surface area contributed by atoms with E-state index in [4.69, 9.17) is 16.0 Å². The van der Waals surface area contributed by atoms with E-state index in [-0.39, 0.29) is 22.9 Å². The zero-order valence-electron chi connectivity index (χ0n) is 17.7. The van der Waals surface area contributed by atoms with Gasteiger partial charge in [-0.3, -0.25) is 9.59 Å². The molecule has 2 aromatic rings. The summed E-state index contributed by atoms with van der Waals surface area (Å²) in [5, 5.41) is 17.1. The van der Waals surface area contributed by atoms with Crippen molar-refractivity contribution in [2.24, 2.45) is 5.41 Å². The number of hydrogen-bond donors (Lipinski definition) is 2. The number of anilines is 1. The Kier molecular flexibility index (Phi) is 6.18. The first-order valence-corrected chi connectivity index (χ1v) is 11.5. The summed E-state index contributed by atoms with van der Waals surface area (Å²) in [5.74, 6) is -0.197. The van der Waals surface area contributed by atoms with Crippen molar-refractivity contribution >= 4 is 40.7 Å². The number of thioether (sulfide) groups is 1. The van der Waals surface area contributed by atoms with Crippen molar-refractivity contribution in [1.82, 2.24) is 5.32 Å². The van der Waals surface area contributed by atoms with E-state index in [0.717, 1.165) is 5.70 Å². The van der Waals surface area contributed by atoms with Gasteiger partial charge in [-0.1, -0.05) is 49.3 Å². The maximum absolute atomic E-state index is 13.1. The number of nitrogens with one attached hydrogen (secondary N) is 2. The molecule has 0 saturated heterocycles. The fourth-order valence-corrected chi connectivity index (χ4v) is 5.16. The number of benzene rings is 1. The number of Topliss-reactive ketones (excluding diaryl/α,β-unsaturated/α-hetero) is 1. The Bertz CT molecular complexity index is 1180. The normalized spacial score (nSPS) is 19.8. The third-order valence-corrected chi connectivity index (χ3v) is 6.80. The summed E-state index contributed by atoms with van der Waals surface area (Å²) < 4.78 is 5.62. The number of nitriles is 1. The molecule has 0 bridgehead atoms. The summed E-state index contributed by atoms with van der Waals surface area (Å²) in [7, 11) is 0. The van der Waals surface area contributed by atoms with Crippen molar-refractivity contribution in [2.45, 2.75) is 32.6 Å². The first-order valence-electron chi connectivity index (χ1n) is 10.2. The number of carbonyl (C=O) groups excluding carboxylic acids is 2. The molecule has 8 heteroatoms. The average Bonchev–Trinajstić information content (AvgIpc) is 3.26. The fourth-order valence-electron chi connectivity index (χ4n) is 4.12. The first-order chi connectivity index (χ1) is 15.3. The number of furan rings is 1. The van der Waals surface area contributed by atoms with Crippen LogP contribution in [-0.2, 0) is 9.59 Å². The van der Waals surface area contributed by atoms with Gasteiger partial charge in [0.05, 0.1) is 45.3 Å². The van der Waals surface area contributed by atoms with E-state index in [2.05, 4.69) is 16.7 Å². The molecule has 4 rings (SSSR count). The van der Waals surface area contributed by atoms with E-state index < -0.39 is 5.92 Å². The Balaban J connectivity index is 1.62. The second-order valence-electron chi connectivity index (χ2n) is 8.58. The maximum atomic E-state index is 13.1. The van der Waals surface area contributed by atoms with Crippen LogP contribution in [-0.4, -0.2) is 17.4 Å². The van der Waals surface area contributed by atoms with Crippen molar-refractivity contribution < 1.29 is 14.0 Å². The highest BCUT2D eigenvalue weighted by Gasteiger charge is 2.42. The number of ketones is 1. The summed E-state index contributed by atoms with van der Waals surface area (Å²) in [6, 6.07) is 12.8. The van der Waals surface area contributed by atoms with E-state index in [0.29, 0.717) is 45.5 Å². The molecule has 1 aromatic heterocycles. The number of rotatable bonds is 5. The Hall–Kier alpha value is -2.95. The van der Waals surface area contributed by atoms with E-state index >= 15 is 0 Å². The molecule has 164 valence electrons. The molecule has 0 saturated carbocycles. The molecule has 32 heavy (non-hydrogen) atoms. The van der Waals surface area contributed by atoms with Crippen LogP contribution in [0.5, 0.6) is 0 Å². The minimum atomic E-state index is -0.580. The largest absolute Gasteiger partial charge is 0.468 e. The molecule has 0 fully saturated rings. The Labute approximate surface area is 195 Å². The van der Waals surface area contributed by atoms with Gasteiger partial charge in [-0.15, -0.1) is 0 Å². The van der Waals surface area contributed by atoms with Crippen LogP contribution < -0.4 is 10.6 Å². The summed E-state index contributed by atoms with van der Waals surface area (Å²) in [6.45, 7) is 4.09. The van der Waals surface area contributed by atoms with Gasteiger partial charge in [-0.05, 0) is 36.1 Å². The number of carbonyl (C=O) groups is 2. The second-order valence-corrected chi connectivity index (χ2v) is 9.97. The number of dihydropyridines is 1. The molecule has 1 aliphatic carbocycles. The van der Waals surface area contributed by atoms with Crippen LogP contribution >= 0.6 is 23.4 Å². The molecule has 1 unspecified atom stereocenters. The molecule has 1 atom stereocenters. The fraction of sp³-hybridized carbons (Fsp3) is 0.292. The topological polar surface area (TPSA) is 95.1 Å². The SMILES string of the molecule is CC1(C)CC(=O)C2=C(C1)NC(SCC(=O)Nc1ccccc1Cl)=C(C#N)C2c1ccco1. The van der Waals surface area contributed by atoms with Crippen molar-refractivity contribution in [2.75, 3.05) is 11.1 Å². The molecule has 2 N–H and O–H groups in total. The van der Waals surface area contributed by atoms with Crippen LogP contribution in [0.15, 0.2) is 69.0 Å². The average molecular weight is 468 g/mol. The van der Waals surface area contributed by atoms with Gasteiger partial charge in [-0.2, -0.15) is 5.26 Å². The van der Waals surface area contributed by atoms with Crippen molar-refractivity contribution in [3.63, 3.8) is 0 Å². The Morgan fingerprint density at radius 3 is 2.78 bits per heavy atom. The van der Waals surface area contributed by atoms with Crippen molar-refractivity contribution in [3.05, 3.63) is 75.3 Å². The van der Waals surface area contributed by atoms with Crippen LogP contribution in [0.1, 0.15) is 38.4 Å². The van der Waals surface area contributed by atoms with Crippen LogP contribution in [0.3, 0.4) is 0 Å². The summed E-state index contributed by atoms with van der Waals surface area (Å²) >= 11 is 7.35. The number of para-hydroxylation sites is 1. The van der Waals surface area contributed by atoms with Crippen LogP contribution in [0.4, 0.5) is 5.69 Å². The maximum Gasteiger partial charge on any atom is 0.234 e. The smallest absolute Gasteiger partial charge is 0.234 e. The molecule has 1 aromatic carbocycles. The van der Waals surface area contributed by atoms with Crippen LogP contribution in [0, 0.1) is 16.7 Å². The highest BCUT2D eigenvalue weighted by Crippen LogP contribution is 2.47. The predicted octanol–water partition coefficient (Wildman–Crippen LogP) is 5.37. The summed E-state index contributed by atoms with van der Waals surface area (Å²) in [5.41, 5.74) is 2.09. The zero-order chi connectivity index (χ0) is 22.9. The van der Waals surface area contributed by atoms with E-state index in [9.17, 15) is 14.9 Å². The van der Waals surface area contributed by atoms with Gasteiger partial charge < -0.3 is 15.1 Å². The highest BCUT2D eigenvalue weighted by atomic mass is 35.5. The number of allylic oxidation sites excluding steroid dienone is 3. The third kappa shape index (κ3) is 4.47. The lowest BCUT2D eigenvalue weighted by atomic mass is 9.70. The van der Waals surface area contributed by atoms with Crippen molar-refractivity contribution in [3.8, 4) is 6.07 Å². The molecule has 1 amide bonds. The number of hydrogen-bond acceptors (Lipinski definition) is 6. The van der Waals surface area contributed by atoms with Gasteiger partial charge >= 0.3 is 0 Å². The van der Waals surface area contributed by atoms with E-state index in [1.54, 1.807) is 36.4 Å². The minimum Gasteiger partial charge on any atom is -0.468 e. The molecule has 2 aliphatic rings. The minimum absolute atomic E-state index is 0.0124. The summed E-state index contributed by atoms with van der Waals surface area (Å²) in [6.07, 6.45) is 2.61.